The van der Waals surface area contributed by atoms with Crippen LogP contribution in [0.3, 0.4) is 0 Å². The van der Waals surface area contributed by atoms with Crippen LogP contribution < -0.4 is 5.73 Å². The molecule has 1 aliphatic carbocycles. The zero-order valence-corrected chi connectivity index (χ0v) is 10.1. The van der Waals surface area contributed by atoms with Gasteiger partial charge in [-0.1, -0.05) is 6.42 Å². The van der Waals surface area contributed by atoms with Gasteiger partial charge in [-0.25, -0.2) is 4.39 Å². The fourth-order valence-corrected chi connectivity index (χ4v) is 2.33. The van der Waals surface area contributed by atoms with Crippen molar-refractivity contribution in [3.8, 4) is 5.75 Å². The predicted octanol–water partition coefficient (Wildman–Crippen LogP) is 3.23. The van der Waals surface area contributed by atoms with Crippen molar-refractivity contribution in [2.45, 2.75) is 25.3 Å². The van der Waals surface area contributed by atoms with Crippen molar-refractivity contribution in [3.05, 3.63) is 27.7 Å². The van der Waals surface area contributed by atoms with Gasteiger partial charge in [-0.3, -0.25) is 0 Å². The van der Waals surface area contributed by atoms with Gasteiger partial charge in [0, 0.05) is 11.6 Å². The molecule has 2 rings (SSSR count). The topological polar surface area (TPSA) is 46.2 Å². The summed E-state index contributed by atoms with van der Waals surface area (Å²) in [6.45, 7) is 0. The molecule has 0 saturated heterocycles. The zero-order valence-electron chi connectivity index (χ0n) is 8.51. The molecule has 0 aliphatic heterocycles. The van der Waals surface area contributed by atoms with Crippen LogP contribution in [0.4, 0.5) is 8.78 Å². The average Bonchev–Trinajstić information content (AvgIpc) is 2.17. The van der Waals surface area contributed by atoms with E-state index < -0.39 is 23.4 Å². The maximum absolute atomic E-state index is 13.3. The Morgan fingerprint density at radius 3 is 2.50 bits per heavy atom. The molecular weight excluding hydrogens is 280 g/mol. The first kappa shape index (κ1) is 11.8. The fraction of sp³-hybridized carbons (Fsp3) is 0.455. The van der Waals surface area contributed by atoms with E-state index >= 15 is 0 Å². The first-order chi connectivity index (χ1) is 7.52. The zero-order chi connectivity index (χ0) is 11.9. The van der Waals surface area contributed by atoms with E-state index in [0.29, 0.717) is 0 Å². The van der Waals surface area contributed by atoms with Crippen molar-refractivity contribution < 1.29 is 13.9 Å². The summed E-state index contributed by atoms with van der Waals surface area (Å²) in [6.07, 6.45) is 3.04. The van der Waals surface area contributed by atoms with E-state index in [2.05, 4.69) is 15.9 Å². The van der Waals surface area contributed by atoms with Crippen molar-refractivity contribution in [2.24, 2.45) is 11.7 Å². The van der Waals surface area contributed by atoms with Gasteiger partial charge in [0.05, 0.1) is 4.47 Å². The van der Waals surface area contributed by atoms with Crippen LogP contribution in [0.25, 0.3) is 0 Å². The van der Waals surface area contributed by atoms with Gasteiger partial charge in [-0.2, -0.15) is 4.39 Å². The Kier molecular flexibility index (Phi) is 3.17. The molecule has 3 N–H and O–H groups in total. The van der Waals surface area contributed by atoms with E-state index in [1.165, 1.54) is 6.07 Å². The third kappa shape index (κ3) is 1.82. The summed E-state index contributed by atoms with van der Waals surface area (Å²) in [4.78, 5) is 0. The number of hydrogen-bond donors (Lipinski definition) is 2. The highest BCUT2D eigenvalue weighted by molar-refractivity contribution is 9.10. The number of benzene rings is 1. The largest absolute Gasteiger partial charge is 0.505 e. The first-order valence-corrected chi connectivity index (χ1v) is 5.93. The number of nitrogens with two attached hydrogens (primary N) is 1. The monoisotopic (exact) mass is 291 g/mol. The van der Waals surface area contributed by atoms with Gasteiger partial charge in [0.25, 0.3) is 0 Å². The van der Waals surface area contributed by atoms with E-state index in [9.17, 15) is 13.9 Å². The highest BCUT2D eigenvalue weighted by Gasteiger charge is 2.29. The summed E-state index contributed by atoms with van der Waals surface area (Å²) in [6, 6.07) is 0.927. The molecule has 1 aromatic carbocycles. The minimum Gasteiger partial charge on any atom is -0.505 e. The van der Waals surface area contributed by atoms with Crippen LogP contribution in [0.1, 0.15) is 30.9 Å². The number of phenols is 1. The summed E-state index contributed by atoms with van der Waals surface area (Å²) in [5, 5.41) is 9.53. The van der Waals surface area contributed by atoms with Crippen molar-refractivity contribution >= 4 is 15.9 Å². The van der Waals surface area contributed by atoms with Gasteiger partial charge in [-0.15, -0.1) is 0 Å². The summed E-state index contributed by atoms with van der Waals surface area (Å²) in [7, 11) is 0. The SMILES string of the molecule is N[C@H](c1cc(Br)c(F)c(F)c1O)C1CCC1. The molecule has 2 nitrogen and oxygen atoms in total. The molecule has 0 bridgehead atoms. The highest BCUT2D eigenvalue weighted by atomic mass is 79.9. The molecule has 0 amide bonds. The molecule has 0 aromatic heterocycles. The molecule has 0 spiro atoms. The van der Waals surface area contributed by atoms with E-state index in [1.807, 2.05) is 0 Å². The third-order valence-corrected chi connectivity index (χ3v) is 3.76. The van der Waals surface area contributed by atoms with Gasteiger partial charge in [0.2, 0.25) is 5.82 Å². The van der Waals surface area contributed by atoms with Gasteiger partial charge >= 0.3 is 0 Å². The van der Waals surface area contributed by atoms with E-state index in [-0.39, 0.29) is 16.0 Å². The number of halogens is 3. The van der Waals surface area contributed by atoms with Crippen LogP contribution in [-0.2, 0) is 0 Å². The molecule has 1 aromatic rings. The van der Waals surface area contributed by atoms with Crippen LogP contribution >= 0.6 is 15.9 Å². The second-order valence-electron chi connectivity index (χ2n) is 4.14. The molecule has 0 heterocycles. The number of phenolic OH excluding ortho intramolecular Hbond substituents is 1. The average molecular weight is 292 g/mol. The molecule has 5 heteroatoms. The van der Waals surface area contributed by atoms with Gasteiger partial charge < -0.3 is 10.8 Å². The quantitative estimate of drug-likeness (QED) is 0.822. The Morgan fingerprint density at radius 1 is 1.38 bits per heavy atom. The number of hydrogen-bond acceptors (Lipinski definition) is 2. The van der Waals surface area contributed by atoms with Crippen molar-refractivity contribution in [3.63, 3.8) is 0 Å². The van der Waals surface area contributed by atoms with E-state index in [0.717, 1.165) is 19.3 Å². The Labute approximate surface area is 101 Å². The summed E-state index contributed by atoms with van der Waals surface area (Å²) >= 11 is 2.91. The lowest BCUT2D eigenvalue weighted by atomic mass is 9.77. The lowest BCUT2D eigenvalue weighted by Gasteiger charge is -2.31. The van der Waals surface area contributed by atoms with Crippen LogP contribution in [0.5, 0.6) is 5.75 Å². The minimum absolute atomic E-state index is 0.00688. The molecule has 0 radical (unpaired) electrons. The second kappa shape index (κ2) is 4.30. The van der Waals surface area contributed by atoms with E-state index in [1.54, 1.807) is 0 Å². The Morgan fingerprint density at radius 2 is 2.00 bits per heavy atom. The molecule has 1 fully saturated rings. The second-order valence-corrected chi connectivity index (χ2v) is 5.00. The lowest BCUT2D eigenvalue weighted by Crippen LogP contribution is -2.27. The normalized spacial score (nSPS) is 18.2. The molecule has 16 heavy (non-hydrogen) atoms. The van der Waals surface area contributed by atoms with Crippen molar-refractivity contribution in [2.75, 3.05) is 0 Å². The lowest BCUT2D eigenvalue weighted by molar-refractivity contribution is 0.258. The maximum atomic E-state index is 13.3. The van der Waals surface area contributed by atoms with Crippen LogP contribution in [-0.4, -0.2) is 5.11 Å². The van der Waals surface area contributed by atoms with Crippen LogP contribution in [0.15, 0.2) is 10.5 Å². The summed E-state index contributed by atoms with van der Waals surface area (Å²) < 4.78 is 26.4. The number of rotatable bonds is 2. The molecular formula is C11H12BrF2NO. The molecule has 0 unspecified atom stereocenters. The Balaban J connectivity index is 2.40. The molecule has 1 saturated carbocycles. The van der Waals surface area contributed by atoms with Gasteiger partial charge in [0.1, 0.15) is 0 Å². The predicted molar refractivity (Wildman–Crippen MR) is 60.0 cm³/mol. The van der Waals surface area contributed by atoms with E-state index in [4.69, 9.17) is 5.73 Å². The first-order valence-electron chi connectivity index (χ1n) is 5.14. The van der Waals surface area contributed by atoms with Crippen molar-refractivity contribution in [1.29, 1.82) is 0 Å². The van der Waals surface area contributed by atoms with Gasteiger partial charge in [-0.05, 0) is 40.8 Å². The van der Waals surface area contributed by atoms with Crippen molar-refractivity contribution in [1.82, 2.24) is 0 Å². The fourth-order valence-electron chi connectivity index (χ4n) is 1.91. The standard InChI is InChI=1S/C11H12BrF2NO/c12-7-4-6(10(15)5-2-1-3-5)11(16)9(14)8(7)13/h4-5,10,16H,1-3,15H2/t10-/m0/s1. The number of aromatic hydroxyl groups is 1. The Hall–Kier alpha value is -0.680. The summed E-state index contributed by atoms with van der Waals surface area (Å²) in [5.74, 6) is -2.73. The van der Waals surface area contributed by atoms with Crippen LogP contribution in [0, 0.1) is 17.6 Å². The summed E-state index contributed by atoms with van der Waals surface area (Å²) in [5.41, 5.74) is 6.19. The minimum atomic E-state index is -1.24. The maximum Gasteiger partial charge on any atom is 0.201 e. The van der Waals surface area contributed by atoms with Gasteiger partial charge in [0.15, 0.2) is 11.6 Å². The third-order valence-electron chi connectivity index (χ3n) is 3.18. The molecule has 88 valence electrons. The Bertz CT molecular complexity index is 421. The molecule has 1 atom stereocenters. The highest BCUT2D eigenvalue weighted by Crippen LogP contribution is 2.41. The smallest absolute Gasteiger partial charge is 0.201 e. The van der Waals surface area contributed by atoms with Crippen LogP contribution in [0.2, 0.25) is 0 Å². The molecule has 1 aliphatic rings.